The van der Waals surface area contributed by atoms with Gasteiger partial charge in [-0.15, -0.1) is 0 Å². The monoisotopic (exact) mass is 1220 g/mol. The summed E-state index contributed by atoms with van der Waals surface area (Å²) in [6.07, 6.45) is 11.0. The van der Waals surface area contributed by atoms with Crippen LogP contribution in [0.3, 0.4) is 0 Å². The van der Waals surface area contributed by atoms with Crippen LogP contribution < -0.4 is 27.0 Å². The number of hydrogen-bond donors (Lipinski definition) is 8. The molecule has 3 saturated heterocycles. The van der Waals surface area contributed by atoms with Gasteiger partial charge < -0.3 is 71.1 Å². The molecule has 1 aromatic rings. The molecule has 2 bridgehead atoms. The lowest BCUT2D eigenvalue weighted by molar-refractivity contribution is -0.151. The number of rotatable bonds is 27. The number of carbonyl (C=O) groups is 9. The van der Waals surface area contributed by atoms with Crippen molar-refractivity contribution in [3.8, 4) is 0 Å². The summed E-state index contributed by atoms with van der Waals surface area (Å²) in [4.78, 5) is 120. The third-order valence-electron chi connectivity index (χ3n) is 16.9. The summed E-state index contributed by atoms with van der Waals surface area (Å²) >= 11 is 0. The van der Waals surface area contributed by atoms with Gasteiger partial charge in [0.05, 0.1) is 48.5 Å². The molecular weight excluding hydrogens is 1120 g/mol. The number of piperazine rings is 1. The number of urea groups is 1. The van der Waals surface area contributed by atoms with Crippen molar-refractivity contribution in [3.63, 3.8) is 0 Å². The second-order valence-corrected chi connectivity index (χ2v) is 24.6. The Kier molecular flexibility index (Phi) is 25.5. The minimum absolute atomic E-state index is 0.0504. The Morgan fingerprint density at radius 1 is 0.897 bits per heavy atom. The van der Waals surface area contributed by atoms with Gasteiger partial charge >= 0.3 is 24.2 Å². The lowest BCUT2D eigenvalue weighted by Gasteiger charge is -2.34. The number of unbranched alkanes of at least 4 members (excludes halogenated alkanes) is 2. The Hall–Kier alpha value is -7.15. The summed E-state index contributed by atoms with van der Waals surface area (Å²) < 4.78 is 23.6. The van der Waals surface area contributed by atoms with Crippen LogP contribution in [0.5, 0.6) is 0 Å². The van der Waals surface area contributed by atoms with Crippen molar-refractivity contribution in [3.05, 3.63) is 77.9 Å². The molecule has 0 saturated carbocycles. The highest BCUT2D eigenvalue weighted by atomic mass is 16.6. The number of epoxide rings is 1. The van der Waals surface area contributed by atoms with E-state index in [-0.39, 0.29) is 131 Å². The summed E-state index contributed by atoms with van der Waals surface area (Å²) in [5.74, 6) is -3.82. The Morgan fingerprint density at radius 2 is 1.57 bits per heavy atom. The Morgan fingerprint density at radius 3 is 2.22 bits per heavy atom. The third-order valence-corrected chi connectivity index (χ3v) is 16.9. The summed E-state index contributed by atoms with van der Waals surface area (Å²) in [5.41, 5.74) is 5.71. The van der Waals surface area contributed by atoms with Crippen molar-refractivity contribution >= 4 is 59.4 Å². The van der Waals surface area contributed by atoms with Crippen molar-refractivity contribution in [1.82, 2.24) is 30.7 Å². The molecule has 0 aromatic heterocycles. The number of nitrogens with one attached hydrogen (secondary N) is 4. The van der Waals surface area contributed by atoms with E-state index in [4.69, 9.17) is 24.7 Å². The standard InChI is InChI=1S/C63H92N8O16/c1-9-48(73)41(7)57-50(85-57)33-63(8,83)28-13-15-39(5)56-40(6)19-25-49(38(4)18-24-46(72)32-54(77)87-56)86-62(82)71-35-44-31-45(71)34-70(44)61(81)84-36-42-20-22-43(23-21-42)66-58(78)47(16-14-29-65-60(64)80)67-59(79)55(37(2)3)68-51(74)17-11-10-12-30-69-52(75)26-27-53(69)76/h13,15,19-23,25-28,37-38,40-41,44-50,55-57,72-73,83H,9-12,14,16-18,24,29-36H2,1-8H3,(H,66,78)(H,67,79)(H,68,74)(H3,64,65,80)/b25-19+,28-13+,39-15+/t38-,40-,41+,44+,45+,46+,47-,48-,49-,50+,55-,56+,57+,63?/m0/s1. The molecule has 24 nitrogen and oxygen atoms in total. The first-order valence-electron chi connectivity index (χ1n) is 30.7. The molecule has 1 aromatic carbocycles. The smallest absolute Gasteiger partial charge is 0.410 e. The maximum atomic E-state index is 13.9. The molecule has 0 aliphatic carbocycles. The van der Waals surface area contributed by atoms with Crippen LogP contribution in [0.1, 0.15) is 138 Å². The molecule has 0 radical (unpaired) electrons. The fourth-order valence-corrected chi connectivity index (χ4v) is 11.5. The SMILES string of the molecule is CC[C@H](O)[C@@H](C)[C@H]1O[C@@H]1CC(C)(O)/C=C/C=C(\C)[C@H]1OC(=O)C[C@H](O)CC[C@H](C)[C@@H](OC(=O)N2C[C@H]3C[C@@H]2CN3C(=O)OCc2ccc(NC(=O)[C@H](CCCNC(N)=O)NC(=O)[C@@H](NC(=O)CCCCCN3C(=O)C=CC3=O)C(C)C)cc2)/C=C/[C@@H]1C. The Labute approximate surface area is 510 Å². The molecule has 1 unspecified atom stereocenters. The largest absolute Gasteiger partial charge is 0.457 e. The molecule has 5 aliphatic rings. The normalized spacial score (nSPS) is 26.4. The molecule has 3 fully saturated rings. The summed E-state index contributed by atoms with van der Waals surface area (Å²) in [5, 5.41) is 43.1. The minimum Gasteiger partial charge on any atom is -0.457 e. The number of imide groups is 1. The number of allylic oxidation sites excluding steroid dienone is 2. The zero-order valence-electron chi connectivity index (χ0n) is 51.5. The highest BCUT2D eigenvalue weighted by Crippen LogP contribution is 2.38. The van der Waals surface area contributed by atoms with Crippen LogP contribution in [0.25, 0.3) is 0 Å². The number of nitrogens with zero attached hydrogens (tertiary/aromatic N) is 3. The molecule has 24 heteroatoms. The Bertz CT molecular complexity index is 2700. The van der Waals surface area contributed by atoms with Gasteiger partial charge in [0, 0.05) is 68.7 Å². The fourth-order valence-electron chi connectivity index (χ4n) is 11.5. The molecule has 5 aliphatic heterocycles. The predicted octanol–water partition coefficient (Wildman–Crippen LogP) is 5.19. The summed E-state index contributed by atoms with van der Waals surface area (Å²) in [6.45, 7) is 15.4. The average Bonchev–Trinajstić information content (AvgIpc) is 1.71. The lowest BCUT2D eigenvalue weighted by Crippen LogP contribution is -2.54. The first-order valence-corrected chi connectivity index (χ1v) is 30.7. The molecule has 480 valence electrons. The topological polar surface area (TPSA) is 338 Å². The molecule has 5 heterocycles. The number of aliphatic hydroxyl groups excluding tert-OH is 2. The van der Waals surface area contributed by atoms with E-state index >= 15 is 0 Å². The predicted molar refractivity (Wildman–Crippen MR) is 320 cm³/mol. The number of amides is 9. The van der Waals surface area contributed by atoms with Gasteiger partial charge in [0.25, 0.3) is 11.8 Å². The molecule has 6 rings (SSSR count). The van der Waals surface area contributed by atoms with Crippen LogP contribution in [-0.2, 0) is 54.3 Å². The molecule has 87 heavy (non-hydrogen) atoms. The van der Waals surface area contributed by atoms with E-state index in [1.54, 1.807) is 79.1 Å². The molecule has 14 atom stereocenters. The van der Waals surface area contributed by atoms with Crippen molar-refractivity contribution in [1.29, 1.82) is 0 Å². The summed E-state index contributed by atoms with van der Waals surface area (Å²) in [6, 6.07) is 3.16. The zero-order valence-corrected chi connectivity index (χ0v) is 51.5. The number of cyclic esters (lactones) is 1. The van der Waals surface area contributed by atoms with Crippen molar-refractivity contribution in [2.75, 3.05) is 31.5 Å². The van der Waals surface area contributed by atoms with Gasteiger partial charge in [0.1, 0.15) is 30.9 Å². The molecule has 0 spiro atoms. The number of nitrogens with two attached hydrogens (primary N) is 1. The van der Waals surface area contributed by atoms with Crippen molar-refractivity contribution < 1.29 is 77.4 Å². The number of esters is 1. The van der Waals surface area contributed by atoms with E-state index in [0.29, 0.717) is 61.8 Å². The van der Waals surface area contributed by atoms with Gasteiger partial charge in [-0.1, -0.05) is 84.4 Å². The number of likely N-dealkylation sites (tertiary alicyclic amines) is 2. The molecule has 9 amide bonds. The van der Waals surface area contributed by atoms with E-state index in [1.165, 1.54) is 12.2 Å². The summed E-state index contributed by atoms with van der Waals surface area (Å²) in [7, 11) is 0. The van der Waals surface area contributed by atoms with E-state index in [0.717, 1.165) is 4.90 Å². The van der Waals surface area contributed by atoms with Gasteiger partial charge in [0.15, 0.2) is 0 Å². The third kappa shape index (κ3) is 20.7. The van der Waals surface area contributed by atoms with E-state index in [9.17, 15) is 58.5 Å². The van der Waals surface area contributed by atoms with Crippen molar-refractivity contribution in [2.45, 2.75) is 205 Å². The van der Waals surface area contributed by atoms with E-state index < -0.39 is 78.1 Å². The highest BCUT2D eigenvalue weighted by Gasteiger charge is 2.49. The van der Waals surface area contributed by atoms with Gasteiger partial charge in [-0.05, 0) is 106 Å². The van der Waals surface area contributed by atoms with E-state index in [1.807, 2.05) is 40.7 Å². The average molecular weight is 1220 g/mol. The maximum absolute atomic E-state index is 13.9. The van der Waals surface area contributed by atoms with Crippen LogP contribution in [0.2, 0.25) is 0 Å². The zero-order chi connectivity index (χ0) is 63.7. The number of hydrogen-bond acceptors (Lipinski definition) is 16. The highest BCUT2D eigenvalue weighted by molar-refractivity contribution is 6.12. The van der Waals surface area contributed by atoms with Gasteiger partial charge in [0.2, 0.25) is 17.7 Å². The first-order chi connectivity index (χ1) is 41.2. The second kappa shape index (κ2) is 32.2. The maximum Gasteiger partial charge on any atom is 0.410 e. The quantitative estimate of drug-likeness (QED) is 0.0107. The number of aliphatic hydroxyl groups is 3. The van der Waals surface area contributed by atoms with Gasteiger partial charge in [-0.25, -0.2) is 14.4 Å². The minimum atomic E-state index is -1.21. The number of anilines is 1. The van der Waals surface area contributed by atoms with Gasteiger partial charge in [-0.2, -0.15) is 0 Å². The van der Waals surface area contributed by atoms with Crippen LogP contribution in [-0.4, -0.2) is 176 Å². The number of fused-ring (bicyclic) bond motifs is 2. The second-order valence-electron chi connectivity index (χ2n) is 24.6. The van der Waals surface area contributed by atoms with Crippen LogP contribution in [0, 0.1) is 23.7 Å². The Balaban J connectivity index is 0.978. The van der Waals surface area contributed by atoms with Crippen molar-refractivity contribution in [2.24, 2.45) is 29.4 Å². The van der Waals surface area contributed by atoms with Gasteiger partial charge in [-0.3, -0.25) is 33.7 Å². The number of benzene rings is 1. The fraction of sp³-hybridized carbons (Fsp3) is 0.635. The number of primary amides is 1. The molecule has 9 N–H and O–H groups in total. The van der Waals surface area contributed by atoms with Crippen LogP contribution in [0.4, 0.5) is 20.1 Å². The number of carbonyl (C=O) groups excluding carboxylic acids is 9. The number of ether oxygens (including phenoxy) is 4. The lowest BCUT2D eigenvalue weighted by atomic mass is 9.91. The van der Waals surface area contributed by atoms with E-state index in [2.05, 4.69) is 21.3 Å². The first kappa shape index (κ1) is 69.0. The molecular formula is C63H92N8O16. The van der Waals surface area contributed by atoms with Crippen LogP contribution >= 0.6 is 0 Å². The van der Waals surface area contributed by atoms with Crippen LogP contribution in [0.15, 0.2) is 72.4 Å².